The van der Waals surface area contributed by atoms with Crippen LogP contribution in [0.5, 0.6) is 0 Å². The molecule has 1 aromatic rings. The molecule has 23 heavy (non-hydrogen) atoms. The maximum Gasteiger partial charge on any atom is 0.342 e. The van der Waals surface area contributed by atoms with Gasteiger partial charge in [-0.05, 0) is 36.6 Å². The van der Waals surface area contributed by atoms with E-state index < -0.39 is 0 Å². The van der Waals surface area contributed by atoms with E-state index in [0.717, 1.165) is 12.0 Å². The summed E-state index contributed by atoms with van der Waals surface area (Å²) in [5, 5.41) is 0. The molecule has 120 valence electrons. The molecule has 2 aliphatic carbocycles. The summed E-state index contributed by atoms with van der Waals surface area (Å²) < 4.78 is 16.0. The van der Waals surface area contributed by atoms with Gasteiger partial charge in [-0.25, -0.2) is 9.78 Å². The molecule has 0 N–H and O–H groups in total. The van der Waals surface area contributed by atoms with Gasteiger partial charge in [0, 0.05) is 20.3 Å². The van der Waals surface area contributed by atoms with Crippen molar-refractivity contribution < 1.29 is 13.9 Å². The van der Waals surface area contributed by atoms with Crippen LogP contribution in [0.25, 0.3) is 12.2 Å². The Bertz CT molecular complexity index is 755. The van der Waals surface area contributed by atoms with Gasteiger partial charge in [0.1, 0.15) is 12.2 Å². The SMILES string of the molecule is COC1C=CC(/C=C/c2nc3c(c(=O)o2)CCC=C3)=CC1OC. The lowest BCUT2D eigenvalue weighted by atomic mass is 10.0. The highest BCUT2D eigenvalue weighted by atomic mass is 16.5. The molecular weight excluding hydrogens is 294 g/mol. The van der Waals surface area contributed by atoms with Gasteiger partial charge < -0.3 is 13.9 Å². The van der Waals surface area contributed by atoms with E-state index in [2.05, 4.69) is 4.98 Å². The van der Waals surface area contributed by atoms with Gasteiger partial charge in [0.05, 0.1) is 11.3 Å². The van der Waals surface area contributed by atoms with Gasteiger partial charge in [0.2, 0.25) is 5.89 Å². The van der Waals surface area contributed by atoms with Crippen molar-refractivity contribution in [2.24, 2.45) is 0 Å². The molecule has 5 heteroatoms. The lowest BCUT2D eigenvalue weighted by Crippen LogP contribution is -2.28. The van der Waals surface area contributed by atoms with Crippen LogP contribution in [-0.2, 0) is 15.9 Å². The highest BCUT2D eigenvalue weighted by molar-refractivity contribution is 5.54. The Morgan fingerprint density at radius 1 is 1.22 bits per heavy atom. The molecule has 0 saturated carbocycles. The number of aromatic nitrogens is 1. The van der Waals surface area contributed by atoms with E-state index in [1.165, 1.54) is 0 Å². The molecule has 0 saturated heterocycles. The Morgan fingerprint density at radius 2 is 2.04 bits per heavy atom. The molecule has 0 amide bonds. The topological polar surface area (TPSA) is 61.6 Å². The predicted molar refractivity (Wildman–Crippen MR) is 88.0 cm³/mol. The van der Waals surface area contributed by atoms with E-state index in [-0.39, 0.29) is 17.8 Å². The minimum atomic E-state index is -0.304. The normalized spacial score (nSPS) is 23.1. The number of nitrogens with zero attached hydrogens (tertiary/aromatic N) is 1. The maximum atomic E-state index is 12.0. The van der Waals surface area contributed by atoms with Crippen molar-refractivity contribution >= 4 is 12.2 Å². The molecule has 0 aromatic carbocycles. The lowest BCUT2D eigenvalue weighted by Gasteiger charge is -2.22. The highest BCUT2D eigenvalue weighted by Gasteiger charge is 2.19. The van der Waals surface area contributed by atoms with E-state index in [1.54, 1.807) is 20.3 Å². The standard InChI is InChI=1S/C18H19NO4/c1-21-15-9-7-12(11-16(15)22-2)8-10-17-19-14-6-4-3-5-13(14)18(20)23-17/h4,6-11,15-16H,3,5H2,1-2H3/b10-8+. The fraction of sp³-hybridized carbons (Fsp3) is 0.333. The van der Waals surface area contributed by atoms with Crippen LogP contribution in [0.4, 0.5) is 0 Å². The van der Waals surface area contributed by atoms with Crippen LogP contribution in [-0.4, -0.2) is 31.4 Å². The molecule has 2 aliphatic rings. The molecule has 0 aliphatic heterocycles. The van der Waals surface area contributed by atoms with Crippen LogP contribution in [0.15, 0.2) is 45.2 Å². The molecule has 5 nitrogen and oxygen atoms in total. The van der Waals surface area contributed by atoms with Crippen molar-refractivity contribution in [2.45, 2.75) is 25.0 Å². The van der Waals surface area contributed by atoms with Crippen LogP contribution in [0, 0.1) is 0 Å². The summed E-state index contributed by atoms with van der Waals surface area (Å²) in [6.45, 7) is 0. The largest absolute Gasteiger partial charge is 0.404 e. The minimum absolute atomic E-state index is 0.0953. The number of fused-ring (bicyclic) bond motifs is 1. The van der Waals surface area contributed by atoms with E-state index in [4.69, 9.17) is 13.9 Å². The van der Waals surface area contributed by atoms with Crippen molar-refractivity contribution in [1.29, 1.82) is 0 Å². The Kier molecular flexibility index (Phi) is 4.69. The fourth-order valence-electron chi connectivity index (χ4n) is 2.68. The Labute approximate surface area is 134 Å². The zero-order valence-corrected chi connectivity index (χ0v) is 13.2. The third kappa shape index (κ3) is 3.41. The second-order valence-corrected chi connectivity index (χ2v) is 5.40. The van der Waals surface area contributed by atoms with E-state index in [1.807, 2.05) is 36.5 Å². The number of ether oxygens (including phenoxy) is 2. The molecule has 0 radical (unpaired) electrons. The summed E-state index contributed by atoms with van der Waals surface area (Å²) in [4.78, 5) is 16.4. The van der Waals surface area contributed by atoms with Crippen LogP contribution in [0.1, 0.15) is 23.6 Å². The molecule has 1 heterocycles. The predicted octanol–water partition coefficient (Wildman–Crippen LogP) is 2.53. The van der Waals surface area contributed by atoms with E-state index in [9.17, 15) is 4.79 Å². The van der Waals surface area contributed by atoms with Gasteiger partial charge in [-0.3, -0.25) is 0 Å². The van der Waals surface area contributed by atoms with Gasteiger partial charge in [-0.15, -0.1) is 0 Å². The Hall–Kier alpha value is -2.24. The first-order valence-corrected chi connectivity index (χ1v) is 7.55. The first kappa shape index (κ1) is 15.6. The van der Waals surface area contributed by atoms with Crippen molar-refractivity contribution in [3.05, 3.63) is 63.5 Å². The van der Waals surface area contributed by atoms with Crippen LogP contribution in [0.2, 0.25) is 0 Å². The molecule has 2 unspecified atom stereocenters. The number of allylic oxidation sites excluding steroid dienone is 4. The van der Waals surface area contributed by atoms with Gasteiger partial charge in [-0.2, -0.15) is 0 Å². The van der Waals surface area contributed by atoms with Crippen molar-refractivity contribution in [3.63, 3.8) is 0 Å². The molecule has 0 bridgehead atoms. The molecule has 2 atom stereocenters. The van der Waals surface area contributed by atoms with Crippen LogP contribution in [0.3, 0.4) is 0 Å². The minimum Gasteiger partial charge on any atom is -0.404 e. The van der Waals surface area contributed by atoms with Gasteiger partial charge in [0.15, 0.2) is 0 Å². The summed E-state index contributed by atoms with van der Waals surface area (Å²) in [6, 6.07) is 0. The third-order valence-electron chi connectivity index (χ3n) is 3.94. The van der Waals surface area contributed by atoms with Gasteiger partial charge in [-0.1, -0.05) is 18.2 Å². The molecule has 3 rings (SSSR count). The zero-order chi connectivity index (χ0) is 16.2. The zero-order valence-electron chi connectivity index (χ0n) is 13.2. The maximum absolute atomic E-state index is 12.0. The number of rotatable bonds is 4. The fourth-order valence-corrected chi connectivity index (χ4v) is 2.68. The quantitative estimate of drug-likeness (QED) is 0.855. The third-order valence-corrected chi connectivity index (χ3v) is 3.94. The summed E-state index contributed by atoms with van der Waals surface area (Å²) >= 11 is 0. The average Bonchev–Trinajstić information content (AvgIpc) is 2.59. The van der Waals surface area contributed by atoms with Crippen molar-refractivity contribution in [2.75, 3.05) is 14.2 Å². The molecule has 0 fully saturated rings. The van der Waals surface area contributed by atoms with E-state index >= 15 is 0 Å². The van der Waals surface area contributed by atoms with Crippen LogP contribution < -0.4 is 5.63 Å². The van der Waals surface area contributed by atoms with Gasteiger partial charge in [0.25, 0.3) is 0 Å². The first-order valence-electron chi connectivity index (χ1n) is 7.55. The number of hydrogen-bond acceptors (Lipinski definition) is 5. The second-order valence-electron chi connectivity index (χ2n) is 5.40. The molecule has 0 spiro atoms. The number of methoxy groups -OCH3 is 2. The smallest absolute Gasteiger partial charge is 0.342 e. The molecular formula is C18H19NO4. The average molecular weight is 313 g/mol. The summed E-state index contributed by atoms with van der Waals surface area (Å²) in [5.74, 6) is 0.303. The second kappa shape index (κ2) is 6.89. The highest BCUT2D eigenvalue weighted by Crippen LogP contribution is 2.18. The van der Waals surface area contributed by atoms with Crippen molar-refractivity contribution in [3.8, 4) is 0 Å². The van der Waals surface area contributed by atoms with E-state index in [0.29, 0.717) is 23.6 Å². The van der Waals surface area contributed by atoms with Gasteiger partial charge >= 0.3 is 5.63 Å². The summed E-state index contributed by atoms with van der Waals surface area (Å²) in [7, 11) is 3.29. The number of hydrogen-bond donors (Lipinski definition) is 0. The molecule has 1 aromatic heterocycles. The lowest BCUT2D eigenvalue weighted by molar-refractivity contribution is 0.0136. The van der Waals surface area contributed by atoms with Crippen molar-refractivity contribution in [1.82, 2.24) is 4.98 Å². The summed E-state index contributed by atoms with van der Waals surface area (Å²) in [6.07, 6.45) is 14.6. The van der Waals surface area contributed by atoms with Crippen LogP contribution >= 0.6 is 0 Å². The summed E-state index contributed by atoms with van der Waals surface area (Å²) in [5.41, 5.74) is 2.00. The monoisotopic (exact) mass is 313 g/mol. The Balaban J connectivity index is 1.83. The Morgan fingerprint density at radius 3 is 2.83 bits per heavy atom. The first-order chi connectivity index (χ1) is 11.2.